The molecule has 0 fully saturated rings. The van der Waals surface area contributed by atoms with Gasteiger partial charge in [0.15, 0.2) is 5.75 Å². The third-order valence-electron chi connectivity index (χ3n) is 5.49. The lowest BCUT2D eigenvalue weighted by molar-refractivity contribution is -0.135. The quantitative estimate of drug-likeness (QED) is 0.419. The maximum Gasteiger partial charge on any atom is 0.333 e. The van der Waals surface area contributed by atoms with Crippen LogP contribution in [-0.2, 0) is 17.6 Å². The van der Waals surface area contributed by atoms with Crippen molar-refractivity contribution in [2.45, 2.75) is 39.7 Å². The van der Waals surface area contributed by atoms with E-state index in [0.29, 0.717) is 12.2 Å². The van der Waals surface area contributed by atoms with Gasteiger partial charge >= 0.3 is 5.97 Å². The second-order valence-corrected chi connectivity index (χ2v) is 9.15. The number of rotatable bonds is 2. The number of nitrogens with zero attached hydrogens (tertiary/aromatic N) is 2. The van der Waals surface area contributed by atoms with E-state index in [1.54, 1.807) is 18.3 Å². The number of carbonyl (C=O) groups is 1. The fourth-order valence-corrected chi connectivity index (χ4v) is 5.45. The number of hydrogen-bond donors (Lipinski definition) is 1. The number of ether oxygens (including phenoxy) is 1. The molecule has 0 aliphatic carbocycles. The van der Waals surface area contributed by atoms with Gasteiger partial charge in [-0.2, -0.15) is 5.10 Å². The molecule has 0 amide bonds. The van der Waals surface area contributed by atoms with Gasteiger partial charge in [0.2, 0.25) is 0 Å². The van der Waals surface area contributed by atoms with Crippen molar-refractivity contribution in [3.8, 4) is 5.75 Å². The van der Waals surface area contributed by atoms with Crippen molar-refractivity contribution < 1.29 is 9.53 Å². The summed E-state index contributed by atoms with van der Waals surface area (Å²) in [6, 6.07) is 9.60. The molecule has 1 N–H and O–H groups in total. The number of fused-ring (bicyclic) bond motifs is 3. The smallest absolute Gasteiger partial charge is 0.333 e. The Labute approximate surface area is 183 Å². The summed E-state index contributed by atoms with van der Waals surface area (Å²) in [6.45, 7) is 5.91. The first-order chi connectivity index (χ1) is 14.4. The normalized spacial score (nSPS) is 18.0. The lowest BCUT2D eigenvalue weighted by Gasteiger charge is -2.24. The summed E-state index contributed by atoms with van der Waals surface area (Å²) < 4.78 is 6.72. The Morgan fingerprint density at radius 1 is 1.27 bits per heavy atom. The third-order valence-corrected chi connectivity index (χ3v) is 6.94. The van der Waals surface area contributed by atoms with Crippen LogP contribution in [0.1, 0.15) is 42.3 Å². The topological polar surface area (TPSA) is 63.0 Å². The molecule has 1 aromatic heterocycles. The molecular weight excluding hydrogens is 418 g/mol. The maximum atomic E-state index is 12.0. The summed E-state index contributed by atoms with van der Waals surface area (Å²) in [5, 5.41) is 14.3. The lowest BCUT2D eigenvalue weighted by atomic mass is 9.94. The molecular formula is C23H20ClN3O2S. The van der Waals surface area contributed by atoms with Crippen LogP contribution in [0.5, 0.6) is 5.75 Å². The van der Waals surface area contributed by atoms with Crippen molar-refractivity contribution in [3.63, 3.8) is 0 Å². The lowest BCUT2D eigenvalue weighted by Crippen LogP contribution is -2.34. The number of anilines is 1. The molecule has 0 radical (unpaired) electrons. The molecule has 0 spiro atoms. The van der Waals surface area contributed by atoms with Gasteiger partial charge in [0.25, 0.3) is 0 Å². The van der Waals surface area contributed by atoms with Crippen molar-refractivity contribution in [2.75, 3.05) is 5.32 Å². The minimum Gasteiger partial charge on any atom is -0.423 e. The molecule has 152 valence electrons. The van der Waals surface area contributed by atoms with Crippen LogP contribution in [0.2, 0.25) is 5.02 Å². The number of benzene rings is 2. The van der Waals surface area contributed by atoms with E-state index in [-0.39, 0.29) is 5.97 Å². The molecule has 2 aliphatic rings. The van der Waals surface area contributed by atoms with E-state index in [9.17, 15) is 4.79 Å². The summed E-state index contributed by atoms with van der Waals surface area (Å²) in [5.74, 6) is 0.287. The molecule has 1 atom stereocenters. The monoisotopic (exact) mass is 437 g/mol. The van der Waals surface area contributed by atoms with Crippen LogP contribution in [0.3, 0.4) is 0 Å². The number of aryl methyl sites for hydroxylation is 1. The van der Waals surface area contributed by atoms with Gasteiger partial charge < -0.3 is 10.1 Å². The van der Waals surface area contributed by atoms with Crippen molar-refractivity contribution >= 4 is 56.1 Å². The zero-order valence-electron chi connectivity index (χ0n) is 16.9. The number of nitrogens with one attached hydrogen (secondary N) is 1. The average molecular weight is 438 g/mol. The summed E-state index contributed by atoms with van der Waals surface area (Å²) in [5.41, 5.74) is 5.85. The first-order valence-corrected chi connectivity index (χ1v) is 11.1. The van der Waals surface area contributed by atoms with Crippen molar-refractivity contribution in [2.24, 2.45) is 10.2 Å². The fraction of sp³-hybridized carbons (Fsp3) is 0.261. The van der Waals surface area contributed by atoms with E-state index < -0.39 is 6.04 Å². The Balaban J connectivity index is 1.74. The predicted molar refractivity (Wildman–Crippen MR) is 124 cm³/mol. The molecule has 2 aromatic carbocycles. The summed E-state index contributed by atoms with van der Waals surface area (Å²) in [6.07, 6.45) is 1.52. The Morgan fingerprint density at radius 2 is 2.10 bits per heavy atom. The molecule has 2 aliphatic heterocycles. The average Bonchev–Trinajstić information content (AvgIpc) is 2.98. The highest BCUT2D eigenvalue weighted by molar-refractivity contribution is 7.21. The molecule has 7 heteroatoms. The molecule has 1 unspecified atom stereocenters. The standard InChI is InChI=1S/C23H20ClN3O2S/c1-4-15-17-9-14(24)5-6-20(17)30-22(15)21-16-10-18-19(29-23(28)12(3)25-18)8-13(16)7-11(2)26-27-21/h5-6,8-10,12,25H,4,7H2,1-3H3. The van der Waals surface area contributed by atoms with E-state index in [4.69, 9.17) is 16.3 Å². The van der Waals surface area contributed by atoms with E-state index in [0.717, 1.165) is 49.9 Å². The van der Waals surface area contributed by atoms with Crippen molar-refractivity contribution in [1.82, 2.24) is 0 Å². The second-order valence-electron chi connectivity index (χ2n) is 7.66. The highest BCUT2D eigenvalue weighted by Gasteiger charge is 2.28. The Kier molecular flexibility index (Phi) is 4.64. The molecule has 0 bridgehead atoms. The third kappa shape index (κ3) is 3.11. The van der Waals surface area contributed by atoms with Gasteiger partial charge in [-0.1, -0.05) is 18.5 Å². The van der Waals surface area contributed by atoms with Crippen LogP contribution in [-0.4, -0.2) is 23.4 Å². The first-order valence-electron chi connectivity index (χ1n) is 9.92. The van der Waals surface area contributed by atoms with E-state index in [2.05, 4.69) is 28.5 Å². The van der Waals surface area contributed by atoms with Crippen LogP contribution < -0.4 is 10.1 Å². The highest BCUT2D eigenvalue weighted by atomic mass is 35.5. The Bertz CT molecular complexity index is 1280. The molecule has 5 rings (SSSR count). The van der Waals surface area contributed by atoms with Crippen LogP contribution in [0.4, 0.5) is 5.69 Å². The fourth-order valence-electron chi connectivity index (χ4n) is 4.01. The van der Waals surface area contributed by atoms with Gasteiger partial charge in [0.05, 0.1) is 10.6 Å². The first kappa shape index (κ1) is 19.3. The second kappa shape index (κ2) is 7.22. The van der Waals surface area contributed by atoms with Gasteiger partial charge in [-0.15, -0.1) is 16.4 Å². The van der Waals surface area contributed by atoms with E-state index >= 15 is 0 Å². The summed E-state index contributed by atoms with van der Waals surface area (Å²) in [7, 11) is 0. The number of esters is 1. The number of thiophene rings is 1. The Morgan fingerprint density at radius 3 is 2.90 bits per heavy atom. The van der Waals surface area contributed by atoms with Crippen LogP contribution in [0, 0.1) is 0 Å². The van der Waals surface area contributed by atoms with Crippen LogP contribution >= 0.6 is 22.9 Å². The van der Waals surface area contributed by atoms with Crippen LogP contribution in [0.25, 0.3) is 10.1 Å². The minimum absolute atomic E-state index is 0.273. The predicted octanol–water partition coefficient (Wildman–Crippen LogP) is 5.61. The number of hydrogen-bond acceptors (Lipinski definition) is 6. The zero-order valence-corrected chi connectivity index (χ0v) is 18.4. The minimum atomic E-state index is -0.391. The van der Waals surface area contributed by atoms with Crippen LogP contribution in [0.15, 0.2) is 40.5 Å². The van der Waals surface area contributed by atoms with E-state index in [1.165, 1.54) is 10.3 Å². The van der Waals surface area contributed by atoms with Gasteiger partial charge in [0.1, 0.15) is 11.8 Å². The number of halogens is 1. The van der Waals surface area contributed by atoms with Crippen molar-refractivity contribution in [1.29, 1.82) is 0 Å². The summed E-state index contributed by atoms with van der Waals surface area (Å²) in [4.78, 5) is 13.1. The maximum absolute atomic E-state index is 12.0. The molecule has 3 heterocycles. The van der Waals surface area contributed by atoms with E-state index in [1.807, 2.05) is 31.2 Å². The molecule has 30 heavy (non-hydrogen) atoms. The highest BCUT2D eigenvalue weighted by Crippen LogP contribution is 2.39. The zero-order chi connectivity index (χ0) is 21.0. The van der Waals surface area contributed by atoms with Gasteiger partial charge in [-0.25, -0.2) is 4.79 Å². The largest absolute Gasteiger partial charge is 0.423 e. The SMILES string of the molecule is CCc1c(C2=NN=C(C)Cc3cc4c(cc32)NC(C)C(=O)O4)sc2ccc(Cl)cc12. The van der Waals surface area contributed by atoms with Gasteiger partial charge in [-0.3, -0.25) is 0 Å². The molecule has 5 nitrogen and oxygen atoms in total. The number of carbonyl (C=O) groups excluding carboxylic acids is 1. The Hall–Kier alpha value is -2.70. The molecule has 0 saturated carbocycles. The van der Waals surface area contributed by atoms with Gasteiger partial charge in [0, 0.05) is 27.4 Å². The molecule has 3 aromatic rings. The summed E-state index contributed by atoms with van der Waals surface area (Å²) >= 11 is 7.99. The molecule has 0 saturated heterocycles. The van der Waals surface area contributed by atoms with Crippen molar-refractivity contribution in [3.05, 3.63) is 56.9 Å². The van der Waals surface area contributed by atoms with Gasteiger partial charge in [-0.05, 0) is 67.1 Å².